The molecule has 1 fully saturated rings. The molecule has 1 aliphatic rings. The van der Waals surface area contributed by atoms with Crippen LogP contribution in [0.25, 0.3) is 10.2 Å². The van der Waals surface area contributed by atoms with E-state index in [0.717, 1.165) is 22.0 Å². The molecule has 0 radical (unpaired) electrons. The summed E-state index contributed by atoms with van der Waals surface area (Å²) in [7, 11) is -3.46. The minimum atomic E-state index is -3.46. The van der Waals surface area contributed by atoms with Gasteiger partial charge in [-0.05, 0) is 43.2 Å². The van der Waals surface area contributed by atoms with Crippen LogP contribution in [-0.4, -0.2) is 43.9 Å². The topological polar surface area (TPSA) is 53.5 Å². The van der Waals surface area contributed by atoms with Gasteiger partial charge in [0.05, 0.1) is 14.6 Å². The largest absolute Gasteiger partial charge is 0.345 e. The van der Waals surface area contributed by atoms with Gasteiger partial charge < -0.3 is 4.90 Å². The van der Waals surface area contributed by atoms with Gasteiger partial charge in [0.25, 0.3) is 10.0 Å². The molecular weight excluding hydrogens is 410 g/mol. The fraction of sp³-hybridized carbons (Fsp3) is 0.353. The van der Waals surface area contributed by atoms with Crippen molar-refractivity contribution in [1.29, 1.82) is 0 Å². The van der Waals surface area contributed by atoms with Crippen LogP contribution in [0.1, 0.15) is 11.1 Å². The molecule has 3 heterocycles. The Hall–Kier alpha value is -1.19. The van der Waals surface area contributed by atoms with Crippen molar-refractivity contribution in [3.8, 4) is 0 Å². The molecule has 0 aliphatic carbocycles. The van der Waals surface area contributed by atoms with E-state index in [4.69, 9.17) is 16.6 Å². The molecule has 26 heavy (non-hydrogen) atoms. The number of aryl methyl sites for hydroxylation is 2. The van der Waals surface area contributed by atoms with Crippen LogP contribution in [0.2, 0.25) is 4.34 Å². The molecule has 4 rings (SSSR count). The molecule has 0 saturated carbocycles. The fourth-order valence-corrected chi connectivity index (χ4v) is 7.31. The van der Waals surface area contributed by atoms with Crippen LogP contribution in [0.15, 0.2) is 28.5 Å². The Morgan fingerprint density at radius 2 is 1.81 bits per heavy atom. The van der Waals surface area contributed by atoms with Gasteiger partial charge in [-0.25, -0.2) is 13.4 Å². The second-order valence-electron chi connectivity index (χ2n) is 6.38. The van der Waals surface area contributed by atoms with E-state index in [2.05, 4.69) is 30.9 Å². The zero-order valence-corrected chi connectivity index (χ0v) is 17.6. The summed E-state index contributed by atoms with van der Waals surface area (Å²) in [5.41, 5.74) is 3.46. The third kappa shape index (κ3) is 3.25. The molecule has 0 amide bonds. The normalized spacial score (nSPS) is 16.5. The molecular formula is C17H18ClN3O2S3. The number of thiazole rings is 1. The highest BCUT2D eigenvalue weighted by molar-refractivity contribution is 7.91. The van der Waals surface area contributed by atoms with Crippen LogP contribution in [0, 0.1) is 13.8 Å². The first kappa shape index (κ1) is 18.2. The van der Waals surface area contributed by atoms with E-state index in [0.29, 0.717) is 34.7 Å². The third-order valence-corrected chi connectivity index (χ3v) is 9.33. The van der Waals surface area contributed by atoms with Gasteiger partial charge in [0, 0.05) is 26.2 Å². The minimum absolute atomic E-state index is 0.307. The van der Waals surface area contributed by atoms with Gasteiger partial charge in [-0.2, -0.15) is 4.31 Å². The number of fused-ring (bicyclic) bond motifs is 1. The number of rotatable bonds is 3. The number of nitrogens with zero attached hydrogens (tertiary/aromatic N) is 3. The van der Waals surface area contributed by atoms with Crippen molar-refractivity contribution in [3.05, 3.63) is 39.7 Å². The maximum atomic E-state index is 12.7. The Bertz CT molecular complexity index is 1070. The average molecular weight is 428 g/mol. The number of aromatic nitrogens is 1. The summed E-state index contributed by atoms with van der Waals surface area (Å²) in [5.74, 6) is 0. The molecule has 1 aromatic carbocycles. The standard InChI is InChI=1S/C17H18ClN3O2S3/c1-11-9-12(2)16-13(10-11)19-17(25-16)20-5-7-21(8-6-20)26(22,23)15-4-3-14(18)24-15/h3-4,9-10H,5-8H2,1-2H3. The number of piperazine rings is 1. The summed E-state index contributed by atoms with van der Waals surface area (Å²) in [6.07, 6.45) is 0. The van der Waals surface area contributed by atoms with Crippen LogP contribution in [0.3, 0.4) is 0 Å². The Morgan fingerprint density at radius 3 is 2.46 bits per heavy atom. The molecule has 0 spiro atoms. The Kier molecular flexibility index (Phi) is 4.73. The number of thiophene rings is 1. The van der Waals surface area contributed by atoms with Crippen molar-refractivity contribution in [2.45, 2.75) is 18.1 Å². The average Bonchev–Trinajstić information content (AvgIpc) is 3.22. The highest BCUT2D eigenvalue weighted by Crippen LogP contribution is 2.33. The lowest BCUT2D eigenvalue weighted by molar-refractivity contribution is 0.386. The van der Waals surface area contributed by atoms with Gasteiger partial charge in [-0.1, -0.05) is 29.0 Å². The third-order valence-electron chi connectivity index (χ3n) is 4.46. The van der Waals surface area contributed by atoms with Gasteiger partial charge >= 0.3 is 0 Å². The molecule has 2 aromatic heterocycles. The first-order valence-electron chi connectivity index (χ1n) is 8.23. The quantitative estimate of drug-likeness (QED) is 0.630. The molecule has 9 heteroatoms. The predicted octanol–water partition coefficient (Wildman–Crippen LogP) is 4.14. The second kappa shape index (κ2) is 6.76. The number of hydrogen-bond acceptors (Lipinski definition) is 6. The molecule has 0 bridgehead atoms. The van der Waals surface area contributed by atoms with Crippen molar-refractivity contribution < 1.29 is 8.42 Å². The Labute approximate surface area is 165 Å². The zero-order valence-electron chi connectivity index (χ0n) is 14.4. The maximum absolute atomic E-state index is 12.7. The molecule has 0 N–H and O–H groups in total. The van der Waals surface area contributed by atoms with Crippen LogP contribution in [-0.2, 0) is 10.0 Å². The molecule has 3 aromatic rings. The van der Waals surface area contributed by atoms with Gasteiger partial charge in [0.2, 0.25) is 0 Å². The van der Waals surface area contributed by atoms with Crippen molar-refractivity contribution in [2.75, 3.05) is 31.1 Å². The summed E-state index contributed by atoms with van der Waals surface area (Å²) in [4.78, 5) is 6.94. The number of halogens is 1. The Balaban J connectivity index is 1.53. The SMILES string of the molecule is Cc1cc(C)c2sc(N3CCN(S(=O)(=O)c4ccc(Cl)s4)CC3)nc2c1. The van der Waals surface area contributed by atoms with Crippen molar-refractivity contribution >= 4 is 59.6 Å². The summed E-state index contributed by atoms with van der Waals surface area (Å²) < 4.78 is 29.0. The lowest BCUT2D eigenvalue weighted by atomic mass is 10.1. The smallest absolute Gasteiger partial charge is 0.252 e. The monoisotopic (exact) mass is 427 g/mol. The van der Waals surface area contributed by atoms with Crippen LogP contribution >= 0.6 is 34.3 Å². The van der Waals surface area contributed by atoms with Crippen LogP contribution < -0.4 is 4.90 Å². The van der Waals surface area contributed by atoms with Crippen LogP contribution in [0.4, 0.5) is 5.13 Å². The van der Waals surface area contributed by atoms with E-state index in [1.165, 1.54) is 20.1 Å². The van der Waals surface area contributed by atoms with Gasteiger partial charge in [-0.3, -0.25) is 0 Å². The van der Waals surface area contributed by atoms with Gasteiger partial charge in [0.15, 0.2) is 5.13 Å². The number of benzene rings is 1. The first-order chi connectivity index (χ1) is 12.3. The lowest BCUT2D eigenvalue weighted by Crippen LogP contribution is -2.48. The maximum Gasteiger partial charge on any atom is 0.252 e. The molecule has 0 atom stereocenters. The van der Waals surface area contributed by atoms with Crippen molar-refractivity contribution in [1.82, 2.24) is 9.29 Å². The summed E-state index contributed by atoms with van der Waals surface area (Å²) in [5, 5.41) is 0.963. The zero-order chi connectivity index (χ0) is 18.5. The highest BCUT2D eigenvalue weighted by Gasteiger charge is 2.30. The molecule has 138 valence electrons. The molecule has 1 aliphatic heterocycles. The molecule has 0 unspecified atom stereocenters. The van der Waals surface area contributed by atoms with E-state index in [1.807, 2.05) is 0 Å². The van der Waals surface area contributed by atoms with E-state index < -0.39 is 10.0 Å². The Morgan fingerprint density at radius 1 is 1.08 bits per heavy atom. The highest BCUT2D eigenvalue weighted by atomic mass is 35.5. The van der Waals surface area contributed by atoms with Crippen molar-refractivity contribution in [2.24, 2.45) is 0 Å². The number of sulfonamides is 1. The van der Waals surface area contributed by atoms with E-state index >= 15 is 0 Å². The van der Waals surface area contributed by atoms with Crippen LogP contribution in [0.5, 0.6) is 0 Å². The second-order valence-corrected chi connectivity index (χ2v) is 11.2. The minimum Gasteiger partial charge on any atom is -0.345 e. The molecule has 1 saturated heterocycles. The molecule has 5 nitrogen and oxygen atoms in total. The van der Waals surface area contributed by atoms with Gasteiger partial charge in [-0.15, -0.1) is 11.3 Å². The lowest BCUT2D eigenvalue weighted by Gasteiger charge is -2.33. The first-order valence-corrected chi connectivity index (χ1v) is 11.7. The van der Waals surface area contributed by atoms with E-state index in [9.17, 15) is 8.42 Å². The number of hydrogen-bond donors (Lipinski definition) is 0. The van der Waals surface area contributed by atoms with Crippen molar-refractivity contribution in [3.63, 3.8) is 0 Å². The number of anilines is 1. The predicted molar refractivity (Wildman–Crippen MR) is 109 cm³/mol. The van der Waals surface area contributed by atoms with E-state index in [-0.39, 0.29) is 0 Å². The van der Waals surface area contributed by atoms with Gasteiger partial charge in [0.1, 0.15) is 4.21 Å². The van der Waals surface area contributed by atoms with E-state index in [1.54, 1.807) is 23.5 Å². The fourth-order valence-electron chi connectivity index (χ4n) is 3.18. The summed E-state index contributed by atoms with van der Waals surface area (Å²) in [6.45, 7) is 6.35. The summed E-state index contributed by atoms with van der Waals surface area (Å²) in [6, 6.07) is 7.47. The summed E-state index contributed by atoms with van der Waals surface area (Å²) >= 11 is 8.67.